The van der Waals surface area contributed by atoms with Gasteiger partial charge in [-0.15, -0.1) is 6.58 Å². The van der Waals surface area contributed by atoms with E-state index in [1.165, 1.54) is 12.8 Å². The quantitative estimate of drug-likeness (QED) is 0.275. The highest BCUT2D eigenvalue weighted by molar-refractivity contribution is 9.09. The zero-order chi connectivity index (χ0) is 10.6. The van der Waals surface area contributed by atoms with E-state index < -0.39 is 0 Å². The van der Waals surface area contributed by atoms with Crippen LogP contribution in [-0.2, 0) is 9.53 Å². The smallest absolute Gasteiger partial charge is 0.306 e. The van der Waals surface area contributed by atoms with E-state index >= 15 is 0 Å². The molecule has 0 aliphatic rings. The normalized spacial score (nSPS) is 9.79. The van der Waals surface area contributed by atoms with Crippen LogP contribution in [0.5, 0.6) is 0 Å². The first-order valence-electron chi connectivity index (χ1n) is 5.13. The largest absolute Gasteiger partial charge is 0.466 e. The molecule has 0 N–H and O–H groups in total. The van der Waals surface area contributed by atoms with Gasteiger partial charge in [-0.1, -0.05) is 34.8 Å². The summed E-state index contributed by atoms with van der Waals surface area (Å²) in [5.74, 6) is -0.106. The van der Waals surface area contributed by atoms with Crippen molar-refractivity contribution in [2.75, 3.05) is 11.9 Å². The van der Waals surface area contributed by atoms with Crippen LogP contribution in [0.3, 0.4) is 0 Å². The fourth-order valence-corrected chi connectivity index (χ4v) is 1.42. The molecule has 0 aromatic rings. The molecule has 0 spiro atoms. The molecule has 0 saturated carbocycles. The number of ether oxygens (including phenoxy) is 1. The number of hydrogen-bond acceptors (Lipinski definition) is 2. The number of esters is 1. The number of hydrogen-bond donors (Lipinski definition) is 0. The topological polar surface area (TPSA) is 26.3 Å². The molecule has 0 unspecified atom stereocenters. The Labute approximate surface area is 94.8 Å². The molecule has 0 aliphatic heterocycles. The van der Waals surface area contributed by atoms with E-state index in [9.17, 15) is 4.79 Å². The number of alkyl halides is 1. The zero-order valence-electron chi connectivity index (χ0n) is 8.64. The Morgan fingerprint density at radius 3 is 2.64 bits per heavy atom. The average Bonchev–Trinajstić information content (AvgIpc) is 2.20. The van der Waals surface area contributed by atoms with Crippen molar-refractivity contribution in [2.24, 2.45) is 0 Å². The summed E-state index contributed by atoms with van der Waals surface area (Å²) in [5, 5.41) is 1.06. The fourth-order valence-electron chi connectivity index (χ4n) is 1.03. The molecule has 0 aromatic heterocycles. The van der Waals surface area contributed by atoms with Crippen LogP contribution in [0.2, 0.25) is 0 Å². The molecule has 14 heavy (non-hydrogen) atoms. The molecule has 0 radical (unpaired) electrons. The van der Waals surface area contributed by atoms with Gasteiger partial charge in [-0.05, 0) is 19.3 Å². The zero-order valence-corrected chi connectivity index (χ0v) is 10.2. The molecule has 0 aromatic carbocycles. The van der Waals surface area contributed by atoms with Crippen LogP contribution in [0.15, 0.2) is 12.7 Å². The van der Waals surface area contributed by atoms with Gasteiger partial charge in [-0.25, -0.2) is 0 Å². The third-order valence-corrected chi connectivity index (χ3v) is 2.40. The maximum atomic E-state index is 11.0. The molecule has 0 heterocycles. The van der Waals surface area contributed by atoms with Crippen LogP contribution < -0.4 is 0 Å². The first-order valence-corrected chi connectivity index (χ1v) is 6.26. The molecular formula is C11H19BrO2. The van der Waals surface area contributed by atoms with Crippen molar-refractivity contribution < 1.29 is 9.53 Å². The molecule has 0 aliphatic carbocycles. The monoisotopic (exact) mass is 262 g/mol. The van der Waals surface area contributed by atoms with Gasteiger partial charge in [-0.3, -0.25) is 4.79 Å². The van der Waals surface area contributed by atoms with Crippen LogP contribution in [0.25, 0.3) is 0 Å². The number of rotatable bonds is 9. The predicted molar refractivity (Wildman–Crippen MR) is 62.7 cm³/mol. The Morgan fingerprint density at radius 1 is 1.29 bits per heavy atom. The van der Waals surface area contributed by atoms with Gasteiger partial charge in [0.05, 0.1) is 6.61 Å². The second kappa shape index (κ2) is 10.8. The standard InChI is InChI=1S/C11H19BrO2/c1-2-3-8-11(13)14-10-7-5-4-6-9-12/h2H,1,3-10H2. The van der Waals surface area contributed by atoms with Crippen molar-refractivity contribution in [2.45, 2.75) is 38.5 Å². The van der Waals surface area contributed by atoms with Gasteiger partial charge in [0.15, 0.2) is 0 Å². The molecule has 0 rings (SSSR count). The van der Waals surface area contributed by atoms with E-state index in [2.05, 4.69) is 22.5 Å². The number of carbonyl (C=O) groups excluding carboxylic acids is 1. The Morgan fingerprint density at radius 2 is 2.00 bits per heavy atom. The first kappa shape index (κ1) is 13.7. The molecule has 0 amide bonds. The lowest BCUT2D eigenvalue weighted by molar-refractivity contribution is -0.143. The molecular weight excluding hydrogens is 244 g/mol. The van der Waals surface area contributed by atoms with Crippen molar-refractivity contribution in [3.8, 4) is 0 Å². The van der Waals surface area contributed by atoms with E-state index in [0.717, 1.165) is 18.2 Å². The maximum absolute atomic E-state index is 11.0. The van der Waals surface area contributed by atoms with Crippen molar-refractivity contribution in [1.29, 1.82) is 0 Å². The summed E-state index contributed by atoms with van der Waals surface area (Å²) in [4.78, 5) is 11.0. The van der Waals surface area contributed by atoms with E-state index in [-0.39, 0.29) is 5.97 Å². The van der Waals surface area contributed by atoms with Gasteiger partial charge in [0.1, 0.15) is 0 Å². The van der Waals surface area contributed by atoms with Crippen LogP contribution in [0.1, 0.15) is 38.5 Å². The number of halogens is 1. The summed E-state index contributed by atoms with van der Waals surface area (Å²) in [5.41, 5.74) is 0. The fraction of sp³-hybridized carbons (Fsp3) is 0.727. The third-order valence-electron chi connectivity index (χ3n) is 1.84. The summed E-state index contributed by atoms with van der Waals surface area (Å²) in [6.07, 6.45) is 7.43. The molecule has 2 nitrogen and oxygen atoms in total. The highest BCUT2D eigenvalue weighted by Gasteiger charge is 1.99. The van der Waals surface area contributed by atoms with Crippen molar-refractivity contribution in [3.05, 3.63) is 12.7 Å². The van der Waals surface area contributed by atoms with E-state index in [1.807, 2.05) is 0 Å². The molecule has 0 saturated heterocycles. The average molecular weight is 263 g/mol. The predicted octanol–water partition coefficient (Wildman–Crippen LogP) is 3.45. The molecule has 82 valence electrons. The highest BCUT2D eigenvalue weighted by atomic mass is 79.9. The summed E-state index contributed by atoms with van der Waals surface area (Å²) < 4.78 is 5.03. The van der Waals surface area contributed by atoms with Gasteiger partial charge >= 0.3 is 5.97 Å². The Balaban J connectivity index is 3.10. The molecule has 3 heteroatoms. The Kier molecular flexibility index (Phi) is 10.5. The van der Waals surface area contributed by atoms with Crippen LogP contribution in [-0.4, -0.2) is 17.9 Å². The summed E-state index contributed by atoms with van der Waals surface area (Å²) >= 11 is 3.38. The van der Waals surface area contributed by atoms with Crippen LogP contribution in [0.4, 0.5) is 0 Å². The Bertz CT molecular complexity index is 157. The lowest BCUT2D eigenvalue weighted by Crippen LogP contribution is -2.05. The van der Waals surface area contributed by atoms with Gasteiger partial charge in [-0.2, -0.15) is 0 Å². The minimum absolute atomic E-state index is 0.106. The Hall–Kier alpha value is -0.310. The minimum atomic E-state index is -0.106. The summed E-state index contributed by atoms with van der Waals surface area (Å²) in [6.45, 7) is 4.12. The highest BCUT2D eigenvalue weighted by Crippen LogP contribution is 2.02. The summed E-state index contributed by atoms with van der Waals surface area (Å²) in [7, 11) is 0. The van der Waals surface area contributed by atoms with Crippen molar-refractivity contribution >= 4 is 21.9 Å². The van der Waals surface area contributed by atoms with E-state index in [0.29, 0.717) is 19.4 Å². The minimum Gasteiger partial charge on any atom is -0.466 e. The van der Waals surface area contributed by atoms with Gasteiger partial charge in [0.25, 0.3) is 0 Å². The van der Waals surface area contributed by atoms with E-state index in [1.54, 1.807) is 6.08 Å². The molecule has 0 fully saturated rings. The van der Waals surface area contributed by atoms with Crippen LogP contribution >= 0.6 is 15.9 Å². The second-order valence-corrected chi connectivity index (χ2v) is 3.94. The number of allylic oxidation sites excluding steroid dienone is 1. The van der Waals surface area contributed by atoms with E-state index in [4.69, 9.17) is 4.74 Å². The number of carbonyl (C=O) groups is 1. The van der Waals surface area contributed by atoms with Gasteiger partial charge in [0, 0.05) is 11.8 Å². The second-order valence-electron chi connectivity index (χ2n) is 3.15. The SMILES string of the molecule is C=CCCC(=O)OCCCCCCBr. The van der Waals surface area contributed by atoms with Gasteiger partial charge in [0.2, 0.25) is 0 Å². The maximum Gasteiger partial charge on any atom is 0.306 e. The number of unbranched alkanes of at least 4 members (excludes halogenated alkanes) is 3. The van der Waals surface area contributed by atoms with Crippen molar-refractivity contribution in [3.63, 3.8) is 0 Å². The van der Waals surface area contributed by atoms with Crippen LogP contribution in [0, 0.1) is 0 Å². The van der Waals surface area contributed by atoms with Gasteiger partial charge < -0.3 is 4.74 Å². The molecule has 0 bridgehead atoms. The lowest BCUT2D eigenvalue weighted by atomic mass is 10.2. The first-order chi connectivity index (χ1) is 6.81. The molecule has 0 atom stereocenters. The third kappa shape index (κ3) is 9.78. The summed E-state index contributed by atoms with van der Waals surface area (Å²) in [6, 6.07) is 0. The van der Waals surface area contributed by atoms with Crippen molar-refractivity contribution in [1.82, 2.24) is 0 Å². The lowest BCUT2D eigenvalue weighted by Gasteiger charge is -2.03.